The Hall–Kier alpha value is -3.26. The number of hydrogen-bond acceptors (Lipinski definition) is 6. The fourth-order valence-corrected chi connectivity index (χ4v) is 2.90. The Bertz CT molecular complexity index is 924. The van der Waals surface area contributed by atoms with Crippen LogP contribution in [0.1, 0.15) is 33.6 Å². The molecule has 1 aliphatic rings. The molecule has 0 fully saturated rings. The molecule has 0 unspecified atom stereocenters. The number of nitro groups is 1. The van der Waals surface area contributed by atoms with E-state index in [0.29, 0.717) is 11.1 Å². The zero-order valence-corrected chi connectivity index (χ0v) is 14.6. The molecule has 8 nitrogen and oxygen atoms in total. The molecule has 2 amide bonds. The average molecular weight is 389 g/mol. The number of hydrogen-bond donors (Lipinski definition) is 0. The number of ether oxygens (including phenoxy) is 1. The Morgan fingerprint density at radius 3 is 2.30 bits per heavy atom. The molecule has 0 aromatic heterocycles. The molecule has 1 aliphatic heterocycles. The zero-order chi connectivity index (χ0) is 19.6. The molecule has 0 saturated heterocycles. The van der Waals surface area contributed by atoms with Crippen LogP contribution in [0.5, 0.6) is 5.75 Å². The highest BCUT2D eigenvalue weighted by molar-refractivity contribution is 6.32. The fourth-order valence-electron chi connectivity index (χ4n) is 2.68. The van der Waals surface area contributed by atoms with E-state index in [2.05, 4.69) is 0 Å². The van der Waals surface area contributed by atoms with Crippen LogP contribution in [0.15, 0.2) is 42.5 Å². The van der Waals surface area contributed by atoms with Gasteiger partial charge in [0.2, 0.25) is 0 Å². The zero-order valence-electron chi connectivity index (χ0n) is 13.9. The van der Waals surface area contributed by atoms with Gasteiger partial charge in [-0.1, -0.05) is 23.7 Å². The summed E-state index contributed by atoms with van der Waals surface area (Å²) < 4.78 is 5.08. The van der Waals surface area contributed by atoms with E-state index in [1.54, 1.807) is 24.3 Å². The van der Waals surface area contributed by atoms with Crippen molar-refractivity contribution in [2.45, 2.75) is 12.8 Å². The van der Waals surface area contributed by atoms with Crippen LogP contribution >= 0.6 is 11.6 Å². The van der Waals surface area contributed by atoms with Crippen LogP contribution in [0.4, 0.5) is 5.69 Å². The van der Waals surface area contributed by atoms with Gasteiger partial charge in [-0.2, -0.15) is 0 Å². The minimum absolute atomic E-state index is 0.00740. The molecular weight excluding hydrogens is 376 g/mol. The third kappa shape index (κ3) is 3.80. The van der Waals surface area contributed by atoms with Crippen molar-refractivity contribution in [3.63, 3.8) is 0 Å². The second-order valence-corrected chi connectivity index (χ2v) is 6.16. The lowest BCUT2D eigenvalue weighted by Crippen LogP contribution is -2.31. The number of carbonyl (C=O) groups is 3. The standard InChI is InChI=1S/C18H13ClN2O6/c19-14-10-11(21(25)26)7-8-15(14)27-16(22)6-3-9-20-17(23)12-4-1-2-5-13(12)18(20)24/h1-2,4-5,7-8,10H,3,6,9H2. The van der Waals surface area contributed by atoms with E-state index in [-0.39, 0.29) is 47.7 Å². The molecule has 138 valence electrons. The van der Waals surface area contributed by atoms with Crippen molar-refractivity contribution in [3.8, 4) is 5.75 Å². The van der Waals surface area contributed by atoms with Crippen LogP contribution in [0.3, 0.4) is 0 Å². The monoisotopic (exact) mass is 388 g/mol. The molecule has 0 saturated carbocycles. The van der Waals surface area contributed by atoms with Gasteiger partial charge in [0.25, 0.3) is 17.5 Å². The molecule has 9 heteroatoms. The molecule has 0 bridgehead atoms. The van der Waals surface area contributed by atoms with E-state index >= 15 is 0 Å². The number of esters is 1. The quantitative estimate of drug-likeness (QED) is 0.247. The van der Waals surface area contributed by atoms with Gasteiger partial charge in [0.05, 0.1) is 21.1 Å². The van der Waals surface area contributed by atoms with Crippen LogP contribution in [0.2, 0.25) is 5.02 Å². The Morgan fingerprint density at radius 2 is 1.74 bits per heavy atom. The number of halogens is 1. The highest BCUT2D eigenvalue weighted by Gasteiger charge is 2.34. The predicted octanol–water partition coefficient (Wildman–Crippen LogP) is 3.23. The number of nitro benzene ring substituents is 1. The van der Waals surface area contributed by atoms with Crippen molar-refractivity contribution in [2.24, 2.45) is 0 Å². The van der Waals surface area contributed by atoms with Gasteiger partial charge in [0.15, 0.2) is 0 Å². The van der Waals surface area contributed by atoms with Crippen molar-refractivity contribution >= 4 is 35.1 Å². The number of imide groups is 1. The summed E-state index contributed by atoms with van der Waals surface area (Å²) in [4.78, 5) is 47.5. The molecule has 2 aromatic rings. The first kappa shape index (κ1) is 18.5. The largest absolute Gasteiger partial charge is 0.425 e. The van der Waals surface area contributed by atoms with E-state index in [1.807, 2.05) is 0 Å². The normalized spacial score (nSPS) is 12.9. The molecule has 1 heterocycles. The molecule has 3 rings (SSSR count). The maximum absolute atomic E-state index is 12.2. The Labute approximate surface area is 158 Å². The smallest absolute Gasteiger partial charge is 0.311 e. The lowest BCUT2D eigenvalue weighted by Gasteiger charge is -2.13. The van der Waals surface area contributed by atoms with Crippen LogP contribution in [0, 0.1) is 10.1 Å². The summed E-state index contributed by atoms with van der Waals surface area (Å²) in [6.45, 7) is 0.0788. The first-order chi connectivity index (χ1) is 12.9. The van der Waals surface area contributed by atoms with Crippen LogP contribution in [-0.2, 0) is 4.79 Å². The van der Waals surface area contributed by atoms with Gasteiger partial charge in [-0.3, -0.25) is 29.4 Å². The highest BCUT2D eigenvalue weighted by atomic mass is 35.5. The molecule has 27 heavy (non-hydrogen) atoms. The van der Waals surface area contributed by atoms with E-state index < -0.39 is 10.9 Å². The number of amides is 2. The maximum Gasteiger partial charge on any atom is 0.311 e. The summed E-state index contributed by atoms with van der Waals surface area (Å²) in [5, 5.41) is 10.6. The van der Waals surface area contributed by atoms with Crippen LogP contribution in [0.25, 0.3) is 0 Å². The Morgan fingerprint density at radius 1 is 1.11 bits per heavy atom. The Balaban J connectivity index is 1.54. The second-order valence-electron chi connectivity index (χ2n) is 5.76. The number of benzene rings is 2. The van der Waals surface area contributed by atoms with Gasteiger partial charge in [0.1, 0.15) is 5.75 Å². The van der Waals surface area contributed by atoms with Crippen molar-refractivity contribution in [1.82, 2.24) is 4.90 Å². The minimum Gasteiger partial charge on any atom is -0.425 e. The van der Waals surface area contributed by atoms with Crippen molar-refractivity contribution < 1.29 is 24.0 Å². The SMILES string of the molecule is O=C(CCCN1C(=O)c2ccccc2C1=O)Oc1ccc([N+](=O)[O-])cc1Cl. The molecule has 0 N–H and O–H groups in total. The topological polar surface area (TPSA) is 107 Å². The number of non-ortho nitro benzene ring substituents is 1. The molecule has 0 aliphatic carbocycles. The minimum atomic E-state index is -0.623. The summed E-state index contributed by atoms with van der Waals surface area (Å²) >= 11 is 5.87. The van der Waals surface area contributed by atoms with E-state index in [0.717, 1.165) is 11.0 Å². The van der Waals surface area contributed by atoms with Gasteiger partial charge < -0.3 is 4.74 Å². The lowest BCUT2D eigenvalue weighted by molar-refractivity contribution is -0.384. The van der Waals surface area contributed by atoms with Crippen molar-refractivity contribution in [3.05, 3.63) is 68.7 Å². The van der Waals surface area contributed by atoms with Crippen molar-refractivity contribution in [2.75, 3.05) is 6.54 Å². The molecule has 0 spiro atoms. The molecular formula is C18H13ClN2O6. The second kappa shape index (κ2) is 7.55. The fraction of sp³-hybridized carbons (Fsp3) is 0.167. The first-order valence-electron chi connectivity index (χ1n) is 7.98. The Kier molecular flexibility index (Phi) is 5.18. The number of nitrogens with zero attached hydrogens (tertiary/aromatic N) is 2. The van der Waals surface area contributed by atoms with Gasteiger partial charge >= 0.3 is 5.97 Å². The predicted molar refractivity (Wildman–Crippen MR) is 94.8 cm³/mol. The van der Waals surface area contributed by atoms with Crippen LogP contribution < -0.4 is 4.74 Å². The number of carbonyl (C=O) groups excluding carboxylic acids is 3. The highest BCUT2D eigenvalue weighted by Crippen LogP contribution is 2.29. The lowest BCUT2D eigenvalue weighted by atomic mass is 10.1. The van der Waals surface area contributed by atoms with Gasteiger partial charge in [-0.15, -0.1) is 0 Å². The summed E-state index contributed by atoms with van der Waals surface area (Å²) in [5.74, 6) is -1.39. The van der Waals surface area contributed by atoms with E-state index in [9.17, 15) is 24.5 Å². The third-order valence-electron chi connectivity index (χ3n) is 3.99. The molecule has 0 atom stereocenters. The summed E-state index contributed by atoms with van der Waals surface area (Å²) in [6, 6.07) is 10.0. The number of fused-ring (bicyclic) bond motifs is 1. The summed E-state index contributed by atoms with van der Waals surface area (Å²) in [5.41, 5.74) is 0.482. The maximum atomic E-state index is 12.2. The van der Waals surface area contributed by atoms with Crippen LogP contribution in [-0.4, -0.2) is 34.2 Å². The molecule has 2 aromatic carbocycles. The van der Waals surface area contributed by atoms with Gasteiger partial charge in [-0.25, -0.2) is 0 Å². The summed E-state index contributed by atoms with van der Waals surface area (Å²) in [6.07, 6.45) is 0.162. The van der Waals surface area contributed by atoms with E-state index in [4.69, 9.17) is 16.3 Å². The van der Waals surface area contributed by atoms with Crippen molar-refractivity contribution in [1.29, 1.82) is 0 Å². The van der Waals surface area contributed by atoms with Gasteiger partial charge in [0, 0.05) is 25.1 Å². The van der Waals surface area contributed by atoms with Gasteiger partial charge in [-0.05, 0) is 24.6 Å². The summed E-state index contributed by atoms with van der Waals surface area (Å²) in [7, 11) is 0. The van der Waals surface area contributed by atoms with E-state index in [1.165, 1.54) is 12.1 Å². The average Bonchev–Trinajstić information content (AvgIpc) is 2.88. The molecule has 0 radical (unpaired) electrons. The number of rotatable bonds is 6. The third-order valence-corrected chi connectivity index (χ3v) is 4.29. The first-order valence-corrected chi connectivity index (χ1v) is 8.36.